The lowest BCUT2D eigenvalue weighted by Crippen LogP contribution is -2.48. The molecular weight excluding hydrogens is 316 g/mol. The molecule has 2 aromatic carbocycles. The van der Waals surface area contributed by atoms with Gasteiger partial charge in [-0.15, -0.1) is 0 Å². The Hall–Kier alpha value is -2.37. The van der Waals surface area contributed by atoms with Gasteiger partial charge in [-0.25, -0.2) is 0 Å². The molecule has 0 aliphatic carbocycles. The van der Waals surface area contributed by atoms with Gasteiger partial charge in [-0.1, -0.05) is 42.5 Å². The summed E-state index contributed by atoms with van der Waals surface area (Å²) in [5.74, 6) is 0.721. The van der Waals surface area contributed by atoms with Crippen molar-refractivity contribution in [3.63, 3.8) is 0 Å². The van der Waals surface area contributed by atoms with Crippen molar-refractivity contribution in [3.05, 3.63) is 65.7 Å². The second-order valence-electron chi connectivity index (χ2n) is 5.92. The molecule has 0 spiro atoms. The van der Waals surface area contributed by atoms with E-state index in [1.54, 1.807) is 0 Å². The Bertz CT molecular complexity index is 667. The molecule has 1 saturated heterocycles. The molecule has 2 aromatic rings. The second-order valence-corrected chi connectivity index (χ2v) is 5.92. The van der Waals surface area contributed by atoms with E-state index in [0.29, 0.717) is 19.8 Å². The Labute approximate surface area is 148 Å². The fourth-order valence-corrected chi connectivity index (χ4v) is 2.90. The standard InChI is InChI=1S/C20H24N2O3/c1-2-24-17-10-8-16(9-11-17)19(15-6-4-3-5-7-15)22-20(23)18-14-21-12-13-25-18/h3-11,18-19,21H,2,12-14H2,1H3,(H,22,23)/t18-,19+/m1/s1. The van der Waals surface area contributed by atoms with Crippen molar-refractivity contribution in [2.45, 2.75) is 19.1 Å². The van der Waals surface area contributed by atoms with Crippen molar-refractivity contribution >= 4 is 5.91 Å². The van der Waals surface area contributed by atoms with Crippen LogP contribution in [0.3, 0.4) is 0 Å². The Morgan fingerprint density at radius 3 is 2.56 bits per heavy atom. The highest BCUT2D eigenvalue weighted by Gasteiger charge is 2.25. The summed E-state index contributed by atoms with van der Waals surface area (Å²) in [6, 6.07) is 17.6. The van der Waals surface area contributed by atoms with E-state index in [4.69, 9.17) is 9.47 Å². The number of hydrogen-bond acceptors (Lipinski definition) is 4. The summed E-state index contributed by atoms with van der Waals surface area (Å²) in [6.45, 7) is 4.46. The van der Waals surface area contributed by atoms with E-state index in [1.807, 2.05) is 61.5 Å². The van der Waals surface area contributed by atoms with Crippen LogP contribution in [0.4, 0.5) is 0 Å². The lowest BCUT2D eigenvalue weighted by atomic mass is 9.98. The van der Waals surface area contributed by atoms with Gasteiger partial charge in [-0.3, -0.25) is 4.79 Å². The van der Waals surface area contributed by atoms with Gasteiger partial charge >= 0.3 is 0 Å². The van der Waals surface area contributed by atoms with E-state index in [0.717, 1.165) is 23.4 Å². The average Bonchev–Trinajstić information content (AvgIpc) is 2.68. The van der Waals surface area contributed by atoms with Crippen molar-refractivity contribution < 1.29 is 14.3 Å². The highest BCUT2D eigenvalue weighted by atomic mass is 16.5. The molecule has 132 valence electrons. The topological polar surface area (TPSA) is 59.6 Å². The van der Waals surface area contributed by atoms with E-state index in [9.17, 15) is 4.79 Å². The van der Waals surface area contributed by atoms with Crippen LogP contribution in [0.15, 0.2) is 54.6 Å². The normalized spacial score (nSPS) is 18.4. The summed E-state index contributed by atoms with van der Waals surface area (Å²) in [7, 11) is 0. The fraction of sp³-hybridized carbons (Fsp3) is 0.350. The number of carbonyl (C=O) groups is 1. The summed E-state index contributed by atoms with van der Waals surface area (Å²) in [4.78, 5) is 12.6. The molecule has 5 heteroatoms. The Morgan fingerprint density at radius 2 is 1.92 bits per heavy atom. The molecule has 1 aliphatic heterocycles. The number of morpholine rings is 1. The minimum absolute atomic E-state index is 0.102. The van der Waals surface area contributed by atoms with Crippen LogP contribution in [-0.4, -0.2) is 38.3 Å². The first-order valence-corrected chi connectivity index (χ1v) is 8.68. The van der Waals surface area contributed by atoms with Crippen molar-refractivity contribution in [2.75, 3.05) is 26.3 Å². The van der Waals surface area contributed by atoms with Crippen LogP contribution in [0, 0.1) is 0 Å². The van der Waals surface area contributed by atoms with Gasteiger partial charge in [-0.2, -0.15) is 0 Å². The lowest BCUT2D eigenvalue weighted by Gasteiger charge is -2.26. The molecule has 3 rings (SSSR count). The summed E-state index contributed by atoms with van der Waals surface area (Å²) in [5.41, 5.74) is 2.04. The summed E-state index contributed by atoms with van der Waals surface area (Å²) in [6.07, 6.45) is -0.456. The van der Waals surface area contributed by atoms with Gasteiger partial charge < -0.3 is 20.1 Å². The number of benzene rings is 2. The fourth-order valence-electron chi connectivity index (χ4n) is 2.90. The van der Waals surface area contributed by atoms with Gasteiger partial charge in [0, 0.05) is 13.1 Å². The third kappa shape index (κ3) is 4.59. The van der Waals surface area contributed by atoms with Crippen LogP contribution in [0.25, 0.3) is 0 Å². The number of amides is 1. The first-order chi connectivity index (χ1) is 12.3. The Kier molecular flexibility index (Phi) is 6.04. The maximum atomic E-state index is 12.6. The second kappa shape index (κ2) is 8.65. The maximum Gasteiger partial charge on any atom is 0.251 e. The van der Waals surface area contributed by atoms with E-state index < -0.39 is 6.10 Å². The van der Waals surface area contributed by atoms with Gasteiger partial charge in [0.05, 0.1) is 19.3 Å². The molecule has 25 heavy (non-hydrogen) atoms. The minimum atomic E-state index is -0.456. The molecule has 0 radical (unpaired) electrons. The smallest absolute Gasteiger partial charge is 0.251 e. The highest BCUT2D eigenvalue weighted by Crippen LogP contribution is 2.24. The van der Waals surface area contributed by atoms with Crippen molar-refractivity contribution in [3.8, 4) is 5.75 Å². The van der Waals surface area contributed by atoms with Gasteiger partial charge in [0.25, 0.3) is 5.91 Å². The number of ether oxygens (including phenoxy) is 2. The lowest BCUT2D eigenvalue weighted by molar-refractivity contribution is -0.134. The molecular formula is C20H24N2O3. The molecule has 0 aromatic heterocycles. The first kappa shape index (κ1) is 17.5. The highest BCUT2D eigenvalue weighted by molar-refractivity contribution is 5.82. The third-order valence-corrected chi connectivity index (χ3v) is 4.16. The molecule has 0 bridgehead atoms. The number of hydrogen-bond donors (Lipinski definition) is 2. The molecule has 2 atom stereocenters. The summed E-state index contributed by atoms with van der Waals surface area (Å²) >= 11 is 0. The zero-order valence-electron chi connectivity index (χ0n) is 14.4. The van der Waals surface area contributed by atoms with Gasteiger partial charge in [0.1, 0.15) is 11.9 Å². The summed E-state index contributed by atoms with van der Waals surface area (Å²) in [5, 5.41) is 6.31. The van der Waals surface area contributed by atoms with Crippen LogP contribution in [0.1, 0.15) is 24.1 Å². The molecule has 1 aliphatic rings. The molecule has 1 amide bonds. The summed E-state index contributed by atoms with van der Waals surface area (Å²) < 4.78 is 11.1. The van der Waals surface area contributed by atoms with Crippen molar-refractivity contribution in [2.24, 2.45) is 0 Å². The predicted molar refractivity (Wildman–Crippen MR) is 96.6 cm³/mol. The monoisotopic (exact) mass is 340 g/mol. The molecule has 2 N–H and O–H groups in total. The van der Waals surface area contributed by atoms with E-state index in [2.05, 4.69) is 10.6 Å². The van der Waals surface area contributed by atoms with Crippen molar-refractivity contribution in [1.29, 1.82) is 0 Å². The SMILES string of the molecule is CCOc1ccc([C@@H](NC(=O)[C@H]2CNCCO2)c2ccccc2)cc1. The van der Waals surface area contributed by atoms with Crippen molar-refractivity contribution in [1.82, 2.24) is 10.6 Å². The average molecular weight is 340 g/mol. The van der Waals surface area contributed by atoms with Crippen LogP contribution in [-0.2, 0) is 9.53 Å². The maximum absolute atomic E-state index is 12.6. The third-order valence-electron chi connectivity index (χ3n) is 4.16. The number of carbonyl (C=O) groups excluding carboxylic acids is 1. The van der Waals surface area contributed by atoms with Crippen LogP contribution >= 0.6 is 0 Å². The molecule has 0 unspecified atom stereocenters. The quantitative estimate of drug-likeness (QED) is 0.847. The van der Waals surface area contributed by atoms with E-state index in [-0.39, 0.29) is 11.9 Å². The molecule has 1 heterocycles. The molecule has 1 fully saturated rings. The van der Waals surface area contributed by atoms with Gasteiger partial charge in [0.2, 0.25) is 0 Å². The predicted octanol–water partition coefficient (Wildman–Crippen LogP) is 2.28. The largest absolute Gasteiger partial charge is 0.494 e. The van der Waals surface area contributed by atoms with Crippen LogP contribution in [0.2, 0.25) is 0 Å². The van der Waals surface area contributed by atoms with E-state index in [1.165, 1.54) is 0 Å². The zero-order valence-corrected chi connectivity index (χ0v) is 14.4. The van der Waals surface area contributed by atoms with Gasteiger partial charge in [0.15, 0.2) is 0 Å². The molecule has 0 saturated carbocycles. The Morgan fingerprint density at radius 1 is 1.20 bits per heavy atom. The minimum Gasteiger partial charge on any atom is -0.494 e. The number of rotatable bonds is 6. The van der Waals surface area contributed by atoms with Crippen LogP contribution in [0.5, 0.6) is 5.75 Å². The van der Waals surface area contributed by atoms with Crippen LogP contribution < -0.4 is 15.4 Å². The Balaban J connectivity index is 1.81. The first-order valence-electron chi connectivity index (χ1n) is 8.68. The molecule has 5 nitrogen and oxygen atoms in total. The zero-order chi connectivity index (χ0) is 17.5. The van der Waals surface area contributed by atoms with Gasteiger partial charge in [-0.05, 0) is 30.2 Å². The van der Waals surface area contributed by atoms with E-state index >= 15 is 0 Å². The number of nitrogens with one attached hydrogen (secondary N) is 2.